The average Bonchev–Trinajstić information content (AvgIpc) is 3.15. The summed E-state index contributed by atoms with van der Waals surface area (Å²) in [6, 6.07) is 10.8. The number of ether oxygens (including phenoxy) is 1. The van der Waals surface area contributed by atoms with E-state index in [9.17, 15) is 19.5 Å². The Morgan fingerprint density at radius 3 is 2.72 bits per heavy atom. The molecule has 4 amide bonds. The Labute approximate surface area is 166 Å². The van der Waals surface area contributed by atoms with Crippen molar-refractivity contribution in [1.29, 1.82) is 0 Å². The summed E-state index contributed by atoms with van der Waals surface area (Å²) in [6.07, 6.45) is 0. The molecule has 8 heteroatoms. The van der Waals surface area contributed by atoms with Crippen molar-refractivity contribution in [2.45, 2.75) is 12.1 Å². The van der Waals surface area contributed by atoms with Gasteiger partial charge in [0.15, 0.2) is 0 Å². The second kappa shape index (κ2) is 6.87. The van der Waals surface area contributed by atoms with E-state index in [0.717, 1.165) is 5.56 Å². The van der Waals surface area contributed by atoms with E-state index in [0.29, 0.717) is 16.9 Å². The maximum absolute atomic E-state index is 12.8. The van der Waals surface area contributed by atoms with Gasteiger partial charge in [0.25, 0.3) is 11.8 Å². The number of hydrogen-bond donors (Lipinski definition) is 3. The number of carbonyl (C=O) groups is 3. The lowest BCUT2D eigenvalue weighted by atomic mass is 9.99. The number of carbonyl (C=O) groups excluding carboxylic acids is 3. The molecular formula is C21H17N3O5. The molecular weight excluding hydrogens is 374 g/mol. The van der Waals surface area contributed by atoms with Gasteiger partial charge in [-0.1, -0.05) is 24.0 Å². The number of rotatable bonds is 3. The van der Waals surface area contributed by atoms with E-state index in [1.807, 2.05) is 0 Å². The largest absolute Gasteiger partial charge is 0.508 e. The minimum atomic E-state index is -1.59. The van der Waals surface area contributed by atoms with Gasteiger partial charge in [0.05, 0.1) is 13.7 Å². The molecule has 8 nitrogen and oxygen atoms in total. The van der Waals surface area contributed by atoms with E-state index in [-0.39, 0.29) is 24.7 Å². The quantitative estimate of drug-likeness (QED) is 0.534. The van der Waals surface area contributed by atoms with Gasteiger partial charge in [0.1, 0.15) is 11.5 Å². The molecule has 1 saturated heterocycles. The molecule has 0 radical (unpaired) electrons. The maximum Gasteiger partial charge on any atom is 0.323 e. The molecule has 2 aromatic rings. The van der Waals surface area contributed by atoms with Crippen molar-refractivity contribution in [2.24, 2.45) is 0 Å². The normalized spacial score (nSPS) is 19.9. The Kier molecular flexibility index (Phi) is 4.35. The van der Waals surface area contributed by atoms with E-state index < -0.39 is 17.5 Å². The average molecular weight is 391 g/mol. The Bertz CT molecular complexity index is 1100. The van der Waals surface area contributed by atoms with E-state index in [1.165, 1.54) is 24.1 Å². The van der Waals surface area contributed by atoms with Crippen molar-refractivity contribution in [3.63, 3.8) is 0 Å². The lowest BCUT2D eigenvalue weighted by Gasteiger charge is -2.26. The van der Waals surface area contributed by atoms with Gasteiger partial charge in [-0.3, -0.25) is 14.9 Å². The Morgan fingerprint density at radius 2 is 2.03 bits per heavy atom. The van der Waals surface area contributed by atoms with Gasteiger partial charge in [0, 0.05) is 17.7 Å². The van der Waals surface area contributed by atoms with Crippen LogP contribution >= 0.6 is 0 Å². The minimum Gasteiger partial charge on any atom is -0.508 e. The molecule has 0 bridgehead atoms. The highest BCUT2D eigenvalue weighted by Gasteiger charge is 2.48. The highest BCUT2D eigenvalue weighted by Crippen LogP contribution is 2.28. The third kappa shape index (κ3) is 3.34. The molecule has 2 heterocycles. The van der Waals surface area contributed by atoms with Crippen LogP contribution in [0.1, 0.15) is 21.5 Å². The fourth-order valence-electron chi connectivity index (χ4n) is 3.37. The zero-order valence-corrected chi connectivity index (χ0v) is 15.5. The summed E-state index contributed by atoms with van der Waals surface area (Å²) in [5.74, 6) is 5.29. The number of benzene rings is 2. The van der Waals surface area contributed by atoms with Gasteiger partial charge in [-0.05, 0) is 35.9 Å². The molecule has 0 unspecified atom stereocenters. The first-order valence-electron chi connectivity index (χ1n) is 8.82. The van der Waals surface area contributed by atoms with Crippen LogP contribution in [0.5, 0.6) is 11.5 Å². The van der Waals surface area contributed by atoms with Crippen LogP contribution < -0.4 is 15.4 Å². The third-order valence-electron chi connectivity index (χ3n) is 4.83. The van der Waals surface area contributed by atoms with Crippen molar-refractivity contribution in [3.05, 3.63) is 59.2 Å². The zero-order chi connectivity index (χ0) is 20.6. The summed E-state index contributed by atoms with van der Waals surface area (Å²) in [4.78, 5) is 38.7. The van der Waals surface area contributed by atoms with Gasteiger partial charge < -0.3 is 20.1 Å². The Morgan fingerprint density at radius 1 is 1.21 bits per heavy atom. The van der Waals surface area contributed by atoms with Crippen molar-refractivity contribution in [3.8, 4) is 23.3 Å². The van der Waals surface area contributed by atoms with Crippen LogP contribution in [-0.4, -0.2) is 47.0 Å². The van der Waals surface area contributed by atoms with Crippen molar-refractivity contribution >= 4 is 17.8 Å². The van der Waals surface area contributed by atoms with Crippen molar-refractivity contribution < 1.29 is 24.2 Å². The first kappa shape index (κ1) is 18.4. The number of phenolic OH excluding ortho intramolecular Hbond substituents is 1. The molecule has 2 aliphatic rings. The van der Waals surface area contributed by atoms with Crippen molar-refractivity contribution in [2.75, 3.05) is 13.7 Å². The fraction of sp³-hybridized carbons (Fsp3) is 0.190. The number of amides is 4. The highest BCUT2D eigenvalue weighted by atomic mass is 16.5. The molecule has 4 rings (SSSR count). The molecule has 1 atom stereocenters. The van der Waals surface area contributed by atoms with E-state index in [2.05, 4.69) is 22.5 Å². The molecule has 0 aliphatic carbocycles. The summed E-state index contributed by atoms with van der Waals surface area (Å²) in [5, 5.41) is 14.3. The lowest BCUT2D eigenvalue weighted by Crippen LogP contribution is -2.54. The standard InChI is InChI=1S/C21H17N3O5/c1-29-16-6-5-14-11-24(18(26)17(14)10-16)12-21(19(27)22-20(28)23-21)8-7-13-3-2-4-15(25)9-13/h2-6,9-10,25H,11-12H2,1H3,(H2,22,23,27,28)/t21-/m1/s1. The SMILES string of the molecule is COc1ccc2c(c1)C(=O)N(C[C@@]1(C#Cc3cccc(O)c3)NC(=O)NC1=O)C2. The Hall–Kier alpha value is -3.99. The topological polar surface area (TPSA) is 108 Å². The molecule has 3 N–H and O–H groups in total. The molecule has 1 fully saturated rings. The summed E-state index contributed by atoms with van der Waals surface area (Å²) in [6.45, 7) is 0.170. The second-order valence-corrected chi connectivity index (χ2v) is 6.80. The van der Waals surface area contributed by atoms with E-state index >= 15 is 0 Å². The minimum absolute atomic E-state index is 0.0323. The highest BCUT2D eigenvalue weighted by molar-refractivity contribution is 6.10. The van der Waals surface area contributed by atoms with Crippen LogP contribution in [0.3, 0.4) is 0 Å². The number of urea groups is 1. The van der Waals surface area contributed by atoms with Crippen LogP contribution in [0, 0.1) is 11.8 Å². The Balaban J connectivity index is 1.65. The van der Waals surface area contributed by atoms with Gasteiger partial charge >= 0.3 is 6.03 Å². The molecule has 0 spiro atoms. The van der Waals surface area contributed by atoms with Crippen LogP contribution in [-0.2, 0) is 11.3 Å². The number of nitrogens with one attached hydrogen (secondary N) is 2. The third-order valence-corrected chi connectivity index (χ3v) is 4.83. The number of aromatic hydroxyl groups is 1. The summed E-state index contributed by atoms with van der Waals surface area (Å²) < 4.78 is 5.17. The first-order valence-corrected chi connectivity index (χ1v) is 8.82. The summed E-state index contributed by atoms with van der Waals surface area (Å²) >= 11 is 0. The predicted molar refractivity (Wildman–Crippen MR) is 102 cm³/mol. The monoisotopic (exact) mass is 391 g/mol. The molecule has 2 aliphatic heterocycles. The molecule has 0 aromatic heterocycles. The smallest absolute Gasteiger partial charge is 0.323 e. The number of fused-ring (bicyclic) bond motifs is 1. The molecule has 2 aromatic carbocycles. The van der Waals surface area contributed by atoms with Crippen molar-refractivity contribution in [1.82, 2.24) is 15.5 Å². The summed E-state index contributed by atoms with van der Waals surface area (Å²) in [7, 11) is 1.52. The van der Waals surface area contributed by atoms with E-state index in [1.54, 1.807) is 30.3 Å². The molecule has 146 valence electrons. The second-order valence-electron chi connectivity index (χ2n) is 6.80. The van der Waals surface area contributed by atoms with Gasteiger partial charge in [-0.2, -0.15) is 0 Å². The van der Waals surface area contributed by atoms with Crippen LogP contribution in [0.2, 0.25) is 0 Å². The number of imide groups is 1. The summed E-state index contributed by atoms with van der Waals surface area (Å²) in [5.41, 5.74) is 0.172. The van der Waals surface area contributed by atoms with Gasteiger partial charge in [-0.25, -0.2) is 4.79 Å². The maximum atomic E-state index is 12.8. The van der Waals surface area contributed by atoms with Gasteiger partial charge in [0.2, 0.25) is 5.54 Å². The number of hydrogen-bond acceptors (Lipinski definition) is 5. The lowest BCUT2D eigenvalue weighted by molar-refractivity contribution is -0.122. The van der Waals surface area contributed by atoms with Gasteiger partial charge in [-0.15, -0.1) is 0 Å². The van der Waals surface area contributed by atoms with Crippen LogP contribution in [0.25, 0.3) is 0 Å². The molecule has 0 saturated carbocycles. The van der Waals surface area contributed by atoms with Crippen LogP contribution in [0.4, 0.5) is 4.79 Å². The van der Waals surface area contributed by atoms with Crippen LogP contribution in [0.15, 0.2) is 42.5 Å². The zero-order valence-electron chi connectivity index (χ0n) is 15.5. The fourth-order valence-corrected chi connectivity index (χ4v) is 3.37. The van der Waals surface area contributed by atoms with E-state index in [4.69, 9.17) is 4.74 Å². The number of phenols is 1. The molecule has 29 heavy (non-hydrogen) atoms. The first-order chi connectivity index (χ1) is 13.9. The predicted octanol–water partition coefficient (Wildman–Crippen LogP) is 0.986. The number of nitrogens with zero attached hydrogens (tertiary/aromatic N) is 1. The number of methoxy groups -OCH3 is 1.